The Bertz CT molecular complexity index is 876. The van der Waals surface area contributed by atoms with E-state index in [1.165, 1.54) is 6.07 Å². The van der Waals surface area contributed by atoms with Crippen molar-refractivity contribution in [3.8, 4) is 0 Å². The minimum Gasteiger partial charge on any atom is -0.348 e. The van der Waals surface area contributed by atoms with Gasteiger partial charge in [0.1, 0.15) is 0 Å². The van der Waals surface area contributed by atoms with Crippen molar-refractivity contribution in [2.75, 3.05) is 0 Å². The van der Waals surface area contributed by atoms with Gasteiger partial charge in [0.25, 0.3) is 5.56 Å². The van der Waals surface area contributed by atoms with Crippen LogP contribution in [0.15, 0.2) is 22.0 Å². The molecule has 0 bridgehead atoms. The van der Waals surface area contributed by atoms with E-state index in [1.807, 2.05) is 13.0 Å². The molecule has 8 heteroatoms. The third kappa shape index (κ3) is 5.25. The van der Waals surface area contributed by atoms with Crippen LogP contribution in [0.4, 0.5) is 0 Å². The fourth-order valence-electron chi connectivity index (χ4n) is 2.61. The molecule has 2 aromatic heterocycles. The third-order valence-electron chi connectivity index (χ3n) is 3.72. The number of aromatic amines is 2. The minimum atomic E-state index is -0.340. The molecule has 0 unspecified atom stereocenters. The van der Waals surface area contributed by atoms with Crippen LogP contribution in [0.25, 0.3) is 0 Å². The number of hydrazone groups is 1. The van der Waals surface area contributed by atoms with Crippen LogP contribution >= 0.6 is 12.2 Å². The Morgan fingerprint density at radius 3 is 2.72 bits per heavy atom. The van der Waals surface area contributed by atoms with Gasteiger partial charge in [-0.2, -0.15) is 5.10 Å². The van der Waals surface area contributed by atoms with Gasteiger partial charge in [-0.3, -0.25) is 14.6 Å². The lowest BCUT2D eigenvalue weighted by molar-refractivity contribution is -0.120. The number of aromatic nitrogens is 3. The van der Waals surface area contributed by atoms with Crippen LogP contribution in [-0.2, 0) is 17.8 Å². The van der Waals surface area contributed by atoms with Gasteiger partial charge < -0.3 is 9.55 Å². The highest BCUT2D eigenvalue weighted by Crippen LogP contribution is 2.15. The standard InChI is InChI=1S/C17H23N5O2S/c1-10(2)9-22-11(3)5-13(12(22)4)8-18-21-16(24)7-14-6-15(23)20-17(25)19-14/h5-6,8,10H,7,9H2,1-4H3,(H,21,24)(H2,19,20,23,25)/b18-8-. The summed E-state index contributed by atoms with van der Waals surface area (Å²) in [5.74, 6) is 0.220. The Morgan fingerprint density at radius 2 is 2.08 bits per heavy atom. The van der Waals surface area contributed by atoms with Crippen molar-refractivity contribution in [2.45, 2.75) is 40.7 Å². The lowest BCUT2D eigenvalue weighted by Crippen LogP contribution is -2.21. The normalized spacial score (nSPS) is 11.4. The molecule has 0 aliphatic rings. The molecule has 7 nitrogen and oxygen atoms in total. The van der Waals surface area contributed by atoms with Gasteiger partial charge in [-0.1, -0.05) is 13.8 Å². The summed E-state index contributed by atoms with van der Waals surface area (Å²) in [6.07, 6.45) is 1.63. The first-order valence-electron chi connectivity index (χ1n) is 8.07. The zero-order valence-corrected chi connectivity index (χ0v) is 15.7. The van der Waals surface area contributed by atoms with Gasteiger partial charge in [-0.25, -0.2) is 5.43 Å². The zero-order chi connectivity index (χ0) is 18.6. The van der Waals surface area contributed by atoms with Crippen LogP contribution < -0.4 is 11.0 Å². The Kier molecular flexibility index (Phi) is 6.08. The molecule has 0 aliphatic carbocycles. The lowest BCUT2D eigenvalue weighted by Gasteiger charge is -2.11. The summed E-state index contributed by atoms with van der Waals surface area (Å²) >= 11 is 4.87. The van der Waals surface area contributed by atoms with Gasteiger partial charge in [0.2, 0.25) is 5.91 Å². The molecular formula is C17H23N5O2S. The van der Waals surface area contributed by atoms with Crippen LogP contribution in [-0.4, -0.2) is 26.7 Å². The summed E-state index contributed by atoms with van der Waals surface area (Å²) in [6.45, 7) is 9.38. The number of nitrogens with zero attached hydrogens (tertiary/aromatic N) is 2. The molecule has 2 heterocycles. The first-order chi connectivity index (χ1) is 11.8. The van der Waals surface area contributed by atoms with Crippen LogP contribution in [0.5, 0.6) is 0 Å². The third-order valence-corrected chi connectivity index (χ3v) is 3.92. The van der Waals surface area contributed by atoms with E-state index < -0.39 is 0 Å². The first kappa shape index (κ1) is 18.9. The fourth-order valence-corrected chi connectivity index (χ4v) is 2.84. The number of aryl methyl sites for hydroxylation is 1. The second-order valence-corrected chi connectivity index (χ2v) is 6.82. The fraction of sp³-hybridized carbons (Fsp3) is 0.412. The number of nitrogens with one attached hydrogen (secondary N) is 3. The quantitative estimate of drug-likeness (QED) is 0.418. The molecule has 25 heavy (non-hydrogen) atoms. The molecule has 1 amide bonds. The van der Waals surface area contributed by atoms with E-state index in [0.29, 0.717) is 11.6 Å². The predicted octanol–water partition coefficient (Wildman–Crippen LogP) is 2.20. The summed E-state index contributed by atoms with van der Waals surface area (Å²) < 4.78 is 2.43. The molecule has 0 fully saturated rings. The Hall–Kier alpha value is -2.48. The molecular weight excluding hydrogens is 338 g/mol. The number of carbonyl (C=O) groups excluding carboxylic acids is 1. The minimum absolute atomic E-state index is 0.00271. The van der Waals surface area contributed by atoms with E-state index in [4.69, 9.17) is 12.2 Å². The molecule has 0 aromatic carbocycles. The molecule has 134 valence electrons. The molecule has 0 aliphatic heterocycles. The van der Waals surface area contributed by atoms with Crippen molar-refractivity contribution in [3.63, 3.8) is 0 Å². The summed E-state index contributed by atoms with van der Waals surface area (Å²) in [4.78, 5) is 28.4. The van der Waals surface area contributed by atoms with Crippen molar-refractivity contribution in [1.82, 2.24) is 20.0 Å². The maximum atomic E-state index is 11.9. The van der Waals surface area contributed by atoms with Crippen molar-refractivity contribution in [3.05, 3.63) is 49.9 Å². The number of H-pyrrole nitrogens is 2. The van der Waals surface area contributed by atoms with Gasteiger partial charge in [-0.05, 0) is 38.0 Å². The van der Waals surface area contributed by atoms with E-state index in [9.17, 15) is 9.59 Å². The monoisotopic (exact) mass is 361 g/mol. The van der Waals surface area contributed by atoms with E-state index in [2.05, 4.69) is 45.8 Å². The van der Waals surface area contributed by atoms with Gasteiger partial charge in [0.15, 0.2) is 4.77 Å². The molecule has 0 saturated heterocycles. The van der Waals surface area contributed by atoms with Crippen molar-refractivity contribution in [2.24, 2.45) is 11.0 Å². The highest BCUT2D eigenvalue weighted by Gasteiger charge is 2.09. The SMILES string of the molecule is Cc1cc(/C=N\NC(=O)Cc2cc(=O)[nH]c(=S)[nH]2)c(C)n1CC(C)C. The molecule has 2 aromatic rings. The number of hydrogen-bond acceptors (Lipinski definition) is 4. The van der Waals surface area contributed by atoms with Gasteiger partial charge in [0.05, 0.1) is 12.6 Å². The number of hydrogen-bond donors (Lipinski definition) is 3. The number of rotatable bonds is 6. The van der Waals surface area contributed by atoms with Crippen LogP contribution in [0, 0.1) is 24.5 Å². The molecule has 0 atom stereocenters. The Morgan fingerprint density at radius 1 is 1.36 bits per heavy atom. The average molecular weight is 361 g/mol. The molecule has 0 saturated carbocycles. The molecule has 3 N–H and O–H groups in total. The van der Waals surface area contributed by atoms with Crippen LogP contribution in [0.2, 0.25) is 0 Å². The van der Waals surface area contributed by atoms with Crippen LogP contribution in [0.3, 0.4) is 0 Å². The molecule has 0 radical (unpaired) electrons. The summed E-state index contributed by atoms with van der Waals surface area (Å²) in [5.41, 5.74) is 5.81. The average Bonchev–Trinajstić information content (AvgIpc) is 2.73. The van der Waals surface area contributed by atoms with Crippen LogP contribution in [0.1, 0.15) is 36.5 Å². The first-order valence-corrected chi connectivity index (χ1v) is 8.48. The molecule has 2 rings (SSSR count). The van der Waals surface area contributed by atoms with Gasteiger partial charge >= 0.3 is 0 Å². The van der Waals surface area contributed by atoms with E-state index >= 15 is 0 Å². The maximum absolute atomic E-state index is 11.9. The predicted molar refractivity (Wildman–Crippen MR) is 100 cm³/mol. The van der Waals surface area contributed by atoms with Gasteiger partial charge in [0, 0.05) is 35.3 Å². The second-order valence-electron chi connectivity index (χ2n) is 6.41. The maximum Gasteiger partial charge on any atom is 0.251 e. The van der Waals surface area contributed by atoms with Crippen molar-refractivity contribution in [1.29, 1.82) is 0 Å². The highest BCUT2D eigenvalue weighted by atomic mass is 32.1. The smallest absolute Gasteiger partial charge is 0.251 e. The largest absolute Gasteiger partial charge is 0.348 e. The van der Waals surface area contributed by atoms with Crippen molar-refractivity contribution >= 4 is 24.3 Å². The van der Waals surface area contributed by atoms with E-state index in [1.54, 1.807) is 6.21 Å². The number of carbonyl (C=O) groups is 1. The van der Waals surface area contributed by atoms with E-state index in [0.717, 1.165) is 23.5 Å². The summed E-state index contributed by atoms with van der Waals surface area (Å²) in [5, 5.41) is 4.01. The topological polar surface area (TPSA) is 95.0 Å². The van der Waals surface area contributed by atoms with Crippen molar-refractivity contribution < 1.29 is 4.79 Å². The summed E-state index contributed by atoms with van der Waals surface area (Å²) in [7, 11) is 0. The van der Waals surface area contributed by atoms with E-state index in [-0.39, 0.29) is 22.7 Å². The zero-order valence-electron chi connectivity index (χ0n) is 14.8. The Balaban J connectivity index is 2.02. The second kappa shape index (κ2) is 8.06. The Labute approximate surface area is 151 Å². The summed E-state index contributed by atoms with van der Waals surface area (Å²) in [6, 6.07) is 3.35. The van der Waals surface area contributed by atoms with Gasteiger partial charge in [-0.15, -0.1) is 0 Å². The lowest BCUT2D eigenvalue weighted by atomic mass is 10.2. The highest BCUT2D eigenvalue weighted by molar-refractivity contribution is 7.71. The molecule has 0 spiro atoms. The number of amides is 1.